The highest BCUT2D eigenvalue weighted by Gasteiger charge is 2.22. The Morgan fingerprint density at radius 1 is 1.31 bits per heavy atom. The fourth-order valence-corrected chi connectivity index (χ4v) is 4.19. The van der Waals surface area contributed by atoms with Crippen LogP contribution in [0, 0.1) is 5.82 Å². The van der Waals surface area contributed by atoms with E-state index in [-0.39, 0.29) is 24.5 Å². The van der Waals surface area contributed by atoms with E-state index < -0.39 is 5.82 Å². The molecule has 1 atom stereocenters. The van der Waals surface area contributed by atoms with Crippen LogP contribution in [-0.4, -0.2) is 41.5 Å². The van der Waals surface area contributed by atoms with Gasteiger partial charge in [-0.05, 0) is 37.5 Å². The predicted molar refractivity (Wildman–Crippen MR) is 128 cm³/mol. The van der Waals surface area contributed by atoms with Crippen molar-refractivity contribution in [3.8, 4) is 11.6 Å². The summed E-state index contributed by atoms with van der Waals surface area (Å²) >= 11 is 0. The highest BCUT2D eigenvalue weighted by Crippen LogP contribution is 2.31. The summed E-state index contributed by atoms with van der Waals surface area (Å²) in [7, 11) is 1.53. The molecular formula is C25H24FN5O4. The van der Waals surface area contributed by atoms with E-state index in [2.05, 4.69) is 25.9 Å². The van der Waals surface area contributed by atoms with Crippen LogP contribution in [0.2, 0.25) is 0 Å². The number of amides is 2. The smallest absolute Gasteiger partial charge is 0.262 e. The molecule has 10 heteroatoms. The summed E-state index contributed by atoms with van der Waals surface area (Å²) in [4.78, 5) is 33.1. The van der Waals surface area contributed by atoms with Gasteiger partial charge in [-0.2, -0.15) is 0 Å². The van der Waals surface area contributed by atoms with Crippen molar-refractivity contribution in [2.24, 2.45) is 0 Å². The number of benzene rings is 1. The van der Waals surface area contributed by atoms with E-state index in [1.54, 1.807) is 30.5 Å². The fraction of sp³-hybridized carbons (Fsp3) is 0.280. The summed E-state index contributed by atoms with van der Waals surface area (Å²) in [6, 6.07) is 8.20. The van der Waals surface area contributed by atoms with E-state index in [0.717, 1.165) is 6.42 Å². The third-order valence-corrected chi connectivity index (χ3v) is 6.08. The van der Waals surface area contributed by atoms with Crippen molar-refractivity contribution in [3.05, 3.63) is 59.6 Å². The van der Waals surface area contributed by atoms with Gasteiger partial charge in [-0.15, -0.1) is 0 Å². The van der Waals surface area contributed by atoms with Crippen molar-refractivity contribution >= 4 is 34.2 Å². The zero-order chi connectivity index (χ0) is 24.4. The van der Waals surface area contributed by atoms with Crippen LogP contribution < -0.4 is 25.4 Å². The number of carbonyl (C=O) groups is 2. The van der Waals surface area contributed by atoms with Gasteiger partial charge in [0, 0.05) is 42.1 Å². The van der Waals surface area contributed by atoms with Crippen molar-refractivity contribution in [1.29, 1.82) is 0 Å². The number of nitrogens with one attached hydrogen (secondary N) is 3. The predicted octanol–water partition coefficient (Wildman–Crippen LogP) is 3.32. The molecule has 0 radical (unpaired) electrons. The molecule has 0 saturated heterocycles. The average molecular weight is 477 g/mol. The second-order valence-corrected chi connectivity index (χ2v) is 8.39. The maximum Gasteiger partial charge on any atom is 0.262 e. The SMILES string of the molecule is COc1ccc2nccc(NC(=O)C3=CCC(NCc4cc5c(cc4F)OCC(=O)N5)CC3)c2n1. The Labute approximate surface area is 200 Å². The maximum absolute atomic E-state index is 14.4. The van der Waals surface area contributed by atoms with Crippen LogP contribution in [0.5, 0.6) is 11.6 Å². The largest absolute Gasteiger partial charge is 0.481 e. The molecule has 35 heavy (non-hydrogen) atoms. The van der Waals surface area contributed by atoms with E-state index >= 15 is 0 Å². The van der Waals surface area contributed by atoms with Crippen LogP contribution >= 0.6 is 0 Å². The molecule has 0 spiro atoms. The van der Waals surface area contributed by atoms with E-state index in [1.807, 2.05) is 6.08 Å². The van der Waals surface area contributed by atoms with Gasteiger partial charge in [-0.1, -0.05) is 6.08 Å². The molecule has 180 valence electrons. The molecule has 1 aromatic carbocycles. The van der Waals surface area contributed by atoms with Gasteiger partial charge in [0.15, 0.2) is 6.61 Å². The summed E-state index contributed by atoms with van der Waals surface area (Å²) < 4.78 is 24.9. The molecule has 1 unspecified atom stereocenters. The molecule has 3 heterocycles. The van der Waals surface area contributed by atoms with Crippen molar-refractivity contribution in [1.82, 2.24) is 15.3 Å². The quantitative estimate of drug-likeness (QED) is 0.499. The Morgan fingerprint density at radius 2 is 2.20 bits per heavy atom. The van der Waals surface area contributed by atoms with E-state index in [0.29, 0.717) is 64.6 Å². The van der Waals surface area contributed by atoms with E-state index in [4.69, 9.17) is 9.47 Å². The normalized spacial score (nSPS) is 17.1. The molecule has 1 aliphatic carbocycles. The molecule has 0 bridgehead atoms. The van der Waals surface area contributed by atoms with Crippen LogP contribution in [-0.2, 0) is 16.1 Å². The number of carbonyl (C=O) groups excluding carboxylic acids is 2. The number of methoxy groups -OCH3 is 1. The Morgan fingerprint density at radius 3 is 3.00 bits per heavy atom. The zero-order valence-electron chi connectivity index (χ0n) is 19.1. The summed E-state index contributed by atoms with van der Waals surface area (Å²) in [6.45, 7) is 0.183. The number of hydrogen-bond donors (Lipinski definition) is 3. The number of halogens is 1. The molecule has 1 aliphatic heterocycles. The molecule has 0 saturated carbocycles. The van der Waals surface area contributed by atoms with Crippen molar-refractivity contribution < 1.29 is 23.5 Å². The van der Waals surface area contributed by atoms with Gasteiger partial charge in [0.1, 0.15) is 17.1 Å². The number of aromatic nitrogens is 2. The molecule has 3 aromatic rings. The molecule has 5 rings (SSSR count). The molecule has 9 nitrogen and oxygen atoms in total. The number of nitrogens with zero attached hydrogens (tertiary/aromatic N) is 2. The number of ether oxygens (including phenoxy) is 2. The Kier molecular flexibility index (Phi) is 6.28. The standard InChI is InChI=1S/C25H24FN5O4/c1-34-23-7-6-18-24(31-23)19(8-9-27-18)30-25(33)14-2-4-16(5-3-14)28-12-15-10-20-21(11-17(15)26)35-13-22(32)29-20/h2,6-11,16,28H,3-5,12-13H2,1H3,(H,29,32)(H,27,30,33). The highest BCUT2D eigenvalue weighted by atomic mass is 19.1. The first kappa shape index (κ1) is 22.7. The molecule has 3 N–H and O–H groups in total. The Hall–Kier alpha value is -4.05. The fourth-order valence-electron chi connectivity index (χ4n) is 4.19. The minimum atomic E-state index is -0.395. The summed E-state index contributed by atoms with van der Waals surface area (Å²) in [5.74, 6) is -0.0682. The van der Waals surface area contributed by atoms with Crippen LogP contribution in [0.15, 0.2) is 48.2 Å². The lowest BCUT2D eigenvalue weighted by Crippen LogP contribution is -2.32. The van der Waals surface area contributed by atoms with Gasteiger partial charge in [0.05, 0.1) is 24.0 Å². The lowest BCUT2D eigenvalue weighted by atomic mass is 9.94. The van der Waals surface area contributed by atoms with Crippen LogP contribution in [0.4, 0.5) is 15.8 Å². The first-order valence-electron chi connectivity index (χ1n) is 11.3. The van der Waals surface area contributed by atoms with Gasteiger partial charge in [0.2, 0.25) is 5.88 Å². The van der Waals surface area contributed by atoms with E-state index in [1.165, 1.54) is 13.2 Å². The monoisotopic (exact) mass is 477 g/mol. The number of anilines is 2. The van der Waals surface area contributed by atoms with Crippen LogP contribution in [0.3, 0.4) is 0 Å². The van der Waals surface area contributed by atoms with Gasteiger partial charge < -0.3 is 25.4 Å². The average Bonchev–Trinajstić information content (AvgIpc) is 2.88. The summed E-state index contributed by atoms with van der Waals surface area (Å²) in [5, 5.41) is 8.97. The summed E-state index contributed by atoms with van der Waals surface area (Å²) in [5.41, 5.74) is 3.39. The van der Waals surface area contributed by atoms with Crippen molar-refractivity contribution in [2.45, 2.75) is 31.8 Å². The molecular weight excluding hydrogens is 453 g/mol. The number of hydrogen-bond acceptors (Lipinski definition) is 7. The van der Waals surface area contributed by atoms with Crippen LogP contribution in [0.25, 0.3) is 11.0 Å². The van der Waals surface area contributed by atoms with Gasteiger partial charge in [-0.25, -0.2) is 9.37 Å². The highest BCUT2D eigenvalue weighted by molar-refractivity contribution is 6.07. The minimum Gasteiger partial charge on any atom is -0.481 e. The minimum absolute atomic E-state index is 0.0977. The molecule has 0 fully saturated rings. The first-order valence-corrected chi connectivity index (χ1v) is 11.3. The number of fused-ring (bicyclic) bond motifs is 2. The third kappa shape index (κ3) is 4.92. The summed E-state index contributed by atoms with van der Waals surface area (Å²) in [6.07, 6.45) is 5.48. The van der Waals surface area contributed by atoms with E-state index in [9.17, 15) is 14.0 Å². The maximum atomic E-state index is 14.4. The topological polar surface area (TPSA) is 114 Å². The van der Waals surface area contributed by atoms with Gasteiger partial charge in [0.25, 0.3) is 11.8 Å². The Bertz CT molecular complexity index is 1340. The van der Waals surface area contributed by atoms with Crippen LogP contribution in [0.1, 0.15) is 24.8 Å². The molecule has 2 aliphatic rings. The third-order valence-electron chi connectivity index (χ3n) is 6.08. The molecule has 2 aromatic heterocycles. The number of rotatable bonds is 6. The lowest BCUT2D eigenvalue weighted by Gasteiger charge is -2.24. The second kappa shape index (κ2) is 9.67. The van der Waals surface area contributed by atoms with Crippen molar-refractivity contribution in [2.75, 3.05) is 24.4 Å². The van der Waals surface area contributed by atoms with Gasteiger partial charge in [-0.3, -0.25) is 14.6 Å². The first-order chi connectivity index (χ1) is 17.0. The second-order valence-electron chi connectivity index (χ2n) is 8.39. The lowest BCUT2D eigenvalue weighted by molar-refractivity contribution is -0.118. The zero-order valence-corrected chi connectivity index (χ0v) is 19.1. The Balaban J connectivity index is 1.21. The van der Waals surface area contributed by atoms with Gasteiger partial charge >= 0.3 is 0 Å². The van der Waals surface area contributed by atoms with Crippen molar-refractivity contribution in [3.63, 3.8) is 0 Å². The molecule has 2 amide bonds. The number of pyridine rings is 2.